The summed E-state index contributed by atoms with van der Waals surface area (Å²) in [5, 5.41) is 3.71. The van der Waals surface area contributed by atoms with Crippen molar-refractivity contribution in [3.8, 4) is 0 Å². The molecule has 1 aromatic carbocycles. The number of allylic oxidation sites excluding steroid dienone is 1. The number of aromatic nitrogens is 3. The van der Waals surface area contributed by atoms with Crippen molar-refractivity contribution in [2.45, 2.75) is 50.7 Å². The molecule has 0 radical (unpaired) electrons. The van der Waals surface area contributed by atoms with Crippen LogP contribution in [0.3, 0.4) is 0 Å². The van der Waals surface area contributed by atoms with E-state index in [2.05, 4.69) is 82.9 Å². The number of hydrogen-bond donors (Lipinski definition) is 3. The van der Waals surface area contributed by atoms with Crippen molar-refractivity contribution in [3.63, 3.8) is 0 Å². The van der Waals surface area contributed by atoms with E-state index in [1.807, 2.05) is 19.2 Å². The van der Waals surface area contributed by atoms with Crippen molar-refractivity contribution >= 4 is 16.6 Å². The SMILES string of the molecule is Cc1cccc(C2NNCC2c2ccc3ncc(C4=CCC(NCc5ccccc5)CC4)cc3n2)n1. The maximum absolute atomic E-state index is 5.08. The molecule has 2 aliphatic rings. The molecular formula is C30H32N6. The summed E-state index contributed by atoms with van der Waals surface area (Å²) in [6, 6.07) is 23.8. The first-order chi connectivity index (χ1) is 17.7. The molecule has 36 heavy (non-hydrogen) atoms. The number of aryl methyl sites for hydroxylation is 1. The summed E-state index contributed by atoms with van der Waals surface area (Å²) in [5.74, 6) is 0.206. The fourth-order valence-corrected chi connectivity index (χ4v) is 5.33. The normalized spacial score (nSPS) is 22.0. The molecule has 6 heteroatoms. The Labute approximate surface area is 212 Å². The first-order valence-electron chi connectivity index (χ1n) is 12.9. The number of nitrogens with zero attached hydrogens (tertiary/aromatic N) is 3. The molecule has 4 aromatic rings. The second-order valence-electron chi connectivity index (χ2n) is 9.88. The molecule has 182 valence electrons. The fraction of sp³-hybridized carbons (Fsp3) is 0.300. The van der Waals surface area contributed by atoms with Gasteiger partial charge in [-0.2, -0.15) is 0 Å². The van der Waals surface area contributed by atoms with Gasteiger partial charge in [-0.15, -0.1) is 0 Å². The largest absolute Gasteiger partial charge is 0.310 e. The molecular weight excluding hydrogens is 444 g/mol. The number of pyridine rings is 3. The van der Waals surface area contributed by atoms with Gasteiger partial charge in [0.2, 0.25) is 0 Å². The maximum atomic E-state index is 5.08. The Kier molecular flexibility index (Phi) is 6.55. The number of rotatable bonds is 6. The minimum atomic E-state index is 0.0902. The highest BCUT2D eigenvalue weighted by Crippen LogP contribution is 2.33. The molecule has 3 aromatic heterocycles. The quantitative estimate of drug-likeness (QED) is 0.364. The van der Waals surface area contributed by atoms with E-state index in [4.69, 9.17) is 15.0 Å². The van der Waals surface area contributed by atoms with Gasteiger partial charge in [0.05, 0.1) is 22.8 Å². The molecule has 3 N–H and O–H groups in total. The molecule has 0 saturated carbocycles. The van der Waals surface area contributed by atoms with Gasteiger partial charge in [0.1, 0.15) is 0 Å². The highest BCUT2D eigenvalue weighted by molar-refractivity contribution is 5.79. The van der Waals surface area contributed by atoms with Crippen LogP contribution in [-0.4, -0.2) is 27.5 Å². The average molecular weight is 477 g/mol. The van der Waals surface area contributed by atoms with E-state index in [-0.39, 0.29) is 12.0 Å². The molecule has 1 aliphatic heterocycles. The topological polar surface area (TPSA) is 74.8 Å². The minimum Gasteiger partial charge on any atom is -0.310 e. The van der Waals surface area contributed by atoms with Gasteiger partial charge in [-0.25, -0.2) is 5.43 Å². The van der Waals surface area contributed by atoms with Crippen LogP contribution in [0.4, 0.5) is 0 Å². The third-order valence-corrected chi connectivity index (χ3v) is 7.37. The van der Waals surface area contributed by atoms with Gasteiger partial charge in [-0.05, 0) is 73.2 Å². The lowest BCUT2D eigenvalue weighted by Crippen LogP contribution is -2.29. The molecule has 1 fully saturated rings. The maximum Gasteiger partial charge on any atom is 0.0896 e. The van der Waals surface area contributed by atoms with Crippen LogP contribution in [0.5, 0.6) is 0 Å². The summed E-state index contributed by atoms with van der Waals surface area (Å²) in [7, 11) is 0. The Hall–Kier alpha value is -3.45. The van der Waals surface area contributed by atoms with E-state index in [1.165, 1.54) is 16.7 Å². The zero-order chi connectivity index (χ0) is 24.3. The van der Waals surface area contributed by atoms with Crippen molar-refractivity contribution in [3.05, 3.63) is 107 Å². The van der Waals surface area contributed by atoms with Gasteiger partial charge in [0.25, 0.3) is 0 Å². The smallest absolute Gasteiger partial charge is 0.0896 e. The molecule has 0 spiro atoms. The van der Waals surface area contributed by atoms with E-state index in [1.54, 1.807) is 0 Å². The van der Waals surface area contributed by atoms with Crippen LogP contribution in [-0.2, 0) is 6.54 Å². The van der Waals surface area contributed by atoms with Gasteiger partial charge in [-0.3, -0.25) is 20.4 Å². The van der Waals surface area contributed by atoms with Crippen LogP contribution in [0.2, 0.25) is 0 Å². The molecule has 3 unspecified atom stereocenters. The van der Waals surface area contributed by atoms with Crippen molar-refractivity contribution in [2.24, 2.45) is 0 Å². The predicted molar refractivity (Wildman–Crippen MR) is 144 cm³/mol. The van der Waals surface area contributed by atoms with E-state index in [9.17, 15) is 0 Å². The van der Waals surface area contributed by atoms with Crippen LogP contribution in [0.25, 0.3) is 16.6 Å². The zero-order valence-corrected chi connectivity index (χ0v) is 20.6. The Morgan fingerprint density at radius 1 is 0.944 bits per heavy atom. The molecule has 1 saturated heterocycles. The van der Waals surface area contributed by atoms with Gasteiger partial charge in [0, 0.05) is 42.6 Å². The lowest BCUT2D eigenvalue weighted by Gasteiger charge is -2.23. The first kappa shape index (κ1) is 23.0. The van der Waals surface area contributed by atoms with Crippen molar-refractivity contribution in [2.75, 3.05) is 6.54 Å². The fourth-order valence-electron chi connectivity index (χ4n) is 5.33. The molecule has 4 heterocycles. The standard InChI is InChI=1S/C30H32N6/c1-20-6-5-9-28(34-20)30-25(19-33-36-30)26-14-15-27-29(35-26)16-23(18-32-27)22-10-12-24(13-11-22)31-17-21-7-3-2-4-8-21/h2-10,14-16,18,24-25,30-31,33,36H,11-13,17,19H2,1H3. The van der Waals surface area contributed by atoms with Crippen LogP contribution in [0.15, 0.2) is 79.0 Å². The van der Waals surface area contributed by atoms with E-state index >= 15 is 0 Å². The minimum absolute atomic E-state index is 0.0902. The van der Waals surface area contributed by atoms with Crippen molar-refractivity contribution in [1.82, 2.24) is 31.1 Å². The highest BCUT2D eigenvalue weighted by atomic mass is 15.4. The molecule has 6 rings (SSSR count). The lowest BCUT2D eigenvalue weighted by atomic mass is 9.91. The molecule has 3 atom stereocenters. The van der Waals surface area contributed by atoms with Gasteiger partial charge < -0.3 is 5.32 Å². The third-order valence-electron chi connectivity index (χ3n) is 7.37. The molecule has 0 bridgehead atoms. The number of benzene rings is 1. The van der Waals surface area contributed by atoms with Gasteiger partial charge in [-0.1, -0.05) is 42.5 Å². The van der Waals surface area contributed by atoms with Crippen molar-refractivity contribution < 1.29 is 0 Å². The van der Waals surface area contributed by atoms with Gasteiger partial charge in [0.15, 0.2) is 0 Å². The lowest BCUT2D eigenvalue weighted by molar-refractivity contribution is 0.478. The summed E-state index contributed by atoms with van der Waals surface area (Å²) in [4.78, 5) is 14.6. The molecule has 6 nitrogen and oxygen atoms in total. The first-order valence-corrected chi connectivity index (χ1v) is 12.9. The molecule has 0 amide bonds. The Morgan fingerprint density at radius 3 is 2.69 bits per heavy atom. The highest BCUT2D eigenvalue weighted by Gasteiger charge is 2.31. The monoisotopic (exact) mass is 476 g/mol. The second-order valence-corrected chi connectivity index (χ2v) is 9.88. The van der Waals surface area contributed by atoms with Crippen LogP contribution >= 0.6 is 0 Å². The number of hydrazine groups is 1. The summed E-state index contributed by atoms with van der Waals surface area (Å²) < 4.78 is 0. The Balaban J connectivity index is 1.18. The zero-order valence-electron chi connectivity index (χ0n) is 20.6. The Bertz CT molecular complexity index is 1380. The van der Waals surface area contributed by atoms with E-state index in [0.717, 1.165) is 60.5 Å². The third kappa shape index (κ3) is 4.93. The van der Waals surface area contributed by atoms with Crippen molar-refractivity contribution in [1.29, 1.82) is 0 Å². The van der Waals surface area contributed by atoms with Gasteiger partial charge >= 0.3 is 0 Å². The Morgan fingerprint density at radius 2 is 1.86 bits per heavy atom. The number of hydrogen-bond acceptors (Lipinski definition) is 6. The summed E-state index contributed by atoms with van der Waals surface area (Å²) in [6.45, 7) is 3.77. The van der Waals surface area contributed by atoms with Crippen LogP contribution < -0.4 is 16.2 Å². The average Bonchev–Trinajstić information content (AvgIpc) is 3.42. The predicted octanol–water partition coefficient (Wildman–Crippen LogP) is 4.99. The van der Waals surface area contributed by atoms with Crippen LogP contribution in [0.1, 0.15) is 59.4 Å². The second kappa shape index (κ2) is 10.3. The molecule has 1 aliphatic carbocycles. The van der Waals surface area contributed by atoms with E-state index < -0.39 is 0 Å². The van der Waals surface area contributed by atoms with E-state index in [0.29, 0.717) is 6.04 Å². The number of nitrogens with one attached hydrogen (secondary N) is 3. The summed E-state index contributed by atoms with van der Waals surface area (Å²) in [6.07, 6.45) is 7.61. The van der Waals surface area contributed by atoms with Crippen LogP contribution in [0, 0.1) is 6.92 Å². The summed E-state index contributed by atoms with van der Waals surface area (Å²) >= 11 is 0. The summed E-state index contributed by atoms with van der Waals surface area (Å²) in [5.41, 5.74) is 15.6. The number of fused-ring (bicyclic) bond motifs is 1.